The van der Waals surface area contributed by atoms with E-state index in [0.717, 1.165) is 29.0 Å². The monoisotopic (exact) mass is 510 g/mol. The highest BCUT2D eigenvalue weighted by Gasteiger charge is 2.09. The second-order valence-corrected chi connectivity index (χ2v) is 6.64. The minimum Gasteiger partial charge on any atom is -0.490 e. The summed E-state index contributed by atoms with van der Waals surface area (Å²) < 4.78 is 6.04. The number of guanidine groups is 1. The first kappa shape index (κ1) is 24.7. The fourth-order valence-corrected chi connectivity index (χ4v) is 2.51. The van der Waals surface area contributed by atoms with Crippen molar-refractivity contribution >= 4 is 41.5 Å². The lowest BCUT2D eigenvalue weighted by Gasteiger charge is -2.18. The highest BCUT2D eigenvalue weighted by Crippen LogP contribution is 2.22. The molecule has 7 heteroatoms. The van der Waals surface area contributed by atoms with Crippen LogP contribution in [-0.4, -0.2) is 31.6 Å². The average Bonchev–Trinajstić information content (AvgIpc) is 2.70. The van der Waals surface area contributed by atoms with Crippen LogP contribution in [0.4, 0.5) is 5.69 Å². The molecule has 6 nitrogen and oxygen atoms in total. The Kier molecular flexibility index (Phi) is 11.1. The summed E-state index contributed by atoms with van der Waals surface area (Å²) in [6.45, 7) is 6.88. The molecule has 0 fully saturated rings. The second kappa shape index (κ2) is 13.0. The number of anilines is 1. The van der Waals surface area contributed by atoms with Crippen molar-refractivity contribution in [3.05, 3.63) is 59.7 Å². The number of carbonyl (C=O) groups is 1. The average molecular weight is 510 g/mol. The molecule has 0 saturated heterocycles. The lowest BCUT2D eigenvalue weighted by molar-refractivity contribution is -0.115. The number of nitrogens with one attached hydrogen (secondary N) is 3. The molecule has 29 heavy (non-hydrogen) atoms. The van der Waals surface area contributed by atoms with Gasteiger partial charge in [-0.15, -0.1) is 24.0 Å². The first-order valence-electron chi connectivity index (χ1n) is 9.57. The number of rotatable bonds is 8. The van der Waals surface area contributed by atoms with Crippen molar-refractivity contribution in [1.82, 2.24) is 10.6 Å². The number of nitrogens with zero attached hydrogens (tertiary/aromatic N) is 1. The van der Waals surface area contributed by atoms with Crippen LogP contribution >= 0.6 is 24.0 Å². The molecule has 0 aliphatic heterocycles. The minimum atomic E-state index is -0.134. The number of aliphatic imine (C=N–C) groups is 1. The molecule has 0 aromatic heterocycles. The zero-order valence-corrected chi connectivity index (χ0v) is 19.8. The molecule has 0 heterocycles. The van der Waals surface area contributed by atoms with Gasteiger partial charge in [0, 0.05) is 24.8 Å². The molecule has 0 aliphatic carbocycles. The number of amides is 1. The van der Waals surface area contributed by atoms with Crippen LogP contribution in [0.1, 0.15) is 31.4 Å². The third-order valence-electron chi connectivity index (χ3n) is 4.27. The largest absolute Gasteiger partial charge is 0.490 e. The smallest absolute Gasteiger partial charge is 0.243 e. The lowest BCUT2D eigenvalue weighted by atomic mass is 10.1. The molecular formula is C22H31IN4O2. The van der Waals surface area contributed by atoms with Gasteiger partial charge in [0.15, 0.2) is 5.96 Å². The molecule has 2 aromatic carbocycles. The van der Waals surface area contributed by atoms with Crippen LogP contribution in [0, 0.1) is 6.92 Å². The van der Waals surface area contributed by atoms with E-state index >= 15 is 0 Å². The van der Waals surface area contributed by atoms with Crippen molar-refractivity contribution in [2.24, 2.45) is 4.99 Å². The highest BCUT2D eigenvalue weighted by molar-refractivity contribution is 14.0. The third kappa shape index (κ3) is 8.72. The summed E-state index contributed by atoms with van der Waals surface area (Å²) >= 11 is 0. The predicted molar refractivity (Wildman–Crippen MR) is 130 cm³/mol. The van der Waals surface area contributed by atoms with Gasteiger partial charge in [-0.1, -0.05) is 37.3 Å². The van der Waals surface area contributed by atoms with Gasteiger partial charge in [-0.2, -0.15) is 0 Å². The number of halogens is 1. The van der Waals surface area contributed by atoms with Crippen LogP contribution in [-0.2, 0) is 11.3 Å². The summed E-state index contributed by atoms with van der Waals surface area (Å²) in [4.78, 5) is 16.3. The van der Waals surface area contributed by atoms with E-state index in [1.54, 1.807) is 7.05 Å². The minimum absolute atomic E-state index is 0. The summed E-state index contributed by atoms with van der Waals surface area (Å²) in [6, 6.07) is 15.5. The van der Waals surface area contributed by atoms with Gasteiger partial charge in [0.1, 0.15) is 5.75 Å². The van der Waals surface area contributed by atoms with Crippen LogP contribution in [0.25, 0.3) is 0 Å². The van der Waals surface area contributed by atoms with Gasteiger partial charge >= 0.3 is 0 Å². The van der Waals surface area contributed by atoms with Crippen LogP contribution < -0.4 is 20.7 Å². The Hall–Kier alpha value is -2.29. The van der Waals surface area contributed by atoms with Crippen molar-refractivity contribution < 1.29 is 9.53 Å². The van der Waals surface area contributed by atoms with E-state index in [1.165, 1.54) is 0 Å². The van der Waals surface area contributed by atoms with Gasteiger partial charge in [0.25, 0.3) is 0 Å². The molecule has 2 aromatic rings. The maximum Gasteiger partial charge on any atom is 0.243 e. The normalized spacial score (nSPS) is 11.8. The van der Waals surface area contributed by atoms with E-state index in [9.17, 15) is 4.79 Å². The van der Waals surface area contributed by atoms with Gasteiger partial charge in [0.05, 0.1) is 12.6 Å². The fourth-order valence-electron chi connectivity index (χ4n) is 2.51. The maximum absolute atomic E-state index is 12.1. The Morgan fingerprint density at radius 3 is 2.52 bits per heavy atom. The molecular weight excluding hydrogens is 479 g/mol. The molecule has 0 bridgehead atoms. The lowest BCUT2D eigenvalue weighted by Crippen LogP contribution is -2.41. The molecule has 1 unspecified atom stereocenters. The van der Waals surface area contributed by atoms with Crippen LogP contribution in [0.15, 0.2) is 53.5 Å². The summed E-state index contributed by atoms with van der Waals surface area (Å²) in [6.07, 6.45) is 1.10. The van der Waals surface area contributed by atoms with Crippen molar-refractivity contribution in [3.63, 3.8) is 0 Å². The summed E-state index contributed by atoms with van der Waals surface area (Å²) in [5.41, 5.74) is 2.97. The van der Waals surface area contributed by atoms with Gasteiger partial charge in [0.2, 0.25) is 5.91 Å². The molecule has 3 N–H and O–H groups in total. The van der Waals surface area contributed by atoms with Crippen molar-refractivity contribution in [3.8, 4) is 5.75 Å². The van der Waals surface area contributed by atoms with Gasteiger partial charge in [-0.05, 0) is 44.0 Å². The quantitative estimate of drug-likeness (QED) is 0.284. The standard InChI is InChI=1S/C22H30N4O2.HI/c1-5-17(3)28-20-13-16(2)11-12-18(20)14-24-22(23-4)25-15-21(27)26-19-9-7-6-8-10-19;/h6-13,17H,5,14-15H2,1-4H3,(H,26,27)(H2,23,24,25);1H. The number of hydrogen-bond acceptors (Lipinski definition) is 3. The Bertz CT molecular complexity index is 797. The molecule has 2 rings (SSSR count). The summed E-state index contributed by atoms with van der Waals surface area (Å²) in [5.74, 6) is 1.29. The van der Waals surface area contributed by atoms with E-state index < -0.39 is 0 Å². The second-order valence-electron chi connectivity index (χ2n) is 6.64. The van der Waals surface area contributed by atoms with E-state index in [0.29, 0.717) is 12.5 Å². The third-order valence-corrected chi connectivity index (χ3v) is 4.27. The van der Waals surface area contributed by atoms with Crippen LogP contribution in [0.3, 0.4) is 0 Å². The number of para-hydroxylation sites is 1. The molecule has 158 valence electrons. The van der Waals surface area contributed by atoms with Gasteiger partial charge in [-0.3, -0.25) is 9.79 Å². The molecule has 0 aliphatic rings. The first-order valence-corrected chi connectivity index (χ1v) is 9.57. The van der Waals surface area contributed by atoms with Crippen molar-refractivity contribution in [2.45, 2.75) is 39.8 Å². The Labute approximate surface area is 190 Å². The first-order chi connectivity index (χ1) is 13.5. The number of hydrogen-bond donors (Lipinski definition) is 3. The van der Waals surface area contributed by atoms with Crippen LogP contribution in [0.5, 0.6) is 5.75 Å². The molecule has 0 radical (unpaired) electrons. The molecule has 0 saturated carbocycles. The number of carbonyl (C=O) groups excluding carboxylic acids is 1. The summed E-state index contributed by atoms with van der Waals surface area (Å²) in [7, 11) is 1.68. The maximum atomic E-state index is 12.1. The summed E-state index contributed by atoms with van der Waals surface area (Å²) in [5, 5.41) is 9.10. The Balaban J connectivity index is 0.00000420. The van der Waals surface area contributed by atoms with Crippen molar-refractivity contribution in [2.75, 3.05) is 18.9 Å². The van der Waals surface area contributed by atoms with Crippen molar-refractivity contribution in [1.29, 1.82) is 0 Å². The molecule has 1 amide bonds. The zero-order valence-electron chi connectivity index (χ0n) is 17.5. The SMILES string of the molecule is CCC(C)Oc1cc(C)ccc1CNC(=NC)NCC(=O)Nc1ccccc1.I. The molecule has 1 atom stereocenters. The number of benzene rings is 2. The zero-order chi connectivity index (χ0) is 20.4. The predicted octanol–water partition coefficient (Wildman–Crippen LogP) is 4.09. The number of aryl methyl sites for hydroxylation is 1. The van der Waals surface area contributed by atoms with Gasteiger partial charge < -0.3 is 20.7 Å². The topological polar surface area (TPSA) is 74.8 Å². The Morgan fingerprint density at radius 1 is 1.14 bits per heavy atom. The molecule has 0 spiro atoms. The highest BCUT2D eigenvalue weighted by atomic mass is 127. The number of ether oxygens (including phenoxy) is 1. The van der Waals surface area contributed by atoms with E-state index in [4.69, 9.17) is 4.74 Å². The van der Waals surface area contributed by atoms with E-state index in [1.807, 2.05) is 43.3 Å². The van der Waals surface area contributed by atoms with E-state index in [-0.39, 0.29) is 42.5 Å². The Morgan fingerprint density at radius 2 is 1.86 bits per heavy atom. The van der Waals surface area contributed by atoms with E-state index in [2.05, 4.69) is 46.9 Å². The van der Waals surface area contributed by atoms with Gasteiger partial charge in [-0.25, -0.2) is 0 Å². The van der Waals surface area contributed by atoms with Crippen LogP contribution in [0.2, 0.25) is 0 Å². The fraction of sp³-hybridized carbons (Fsp3) is 0.364.